The fourth-order valence-corrected chi connectivity index (χ4v) is 3.61. The highest BCUT2D eigenvalue weighted by Gasteiger charge is 2.14. The van der Waals surface area contributed by atoms with Crippen LogP contribution in [0.1, 0.15) is 18.4 Å². The maximum absolute atomic E-state index is 6.03. The Morgan fingerprint density at radius 1 is 1.31 bits per heavy atom. The van der Waals surface area contributed by atoms with Crippen LogP contribution in [-0.4, -0.2) is 7.42 Å². The Kier molecular flexibility index (Phi) is 4.60. The van der Waals surface area contributed by atoms with E-state index in [1.807, 2.05) is 24.3 Å². The van der Waals surface area contributed by atoms with Gasteiger partial charge in [-0.1, -0.05) is 36.7 Å². The molecule has 1 rings (SSSR count). The lowest BCUT2D eigenvalue weighted by Crippen LogP contribution is -2.01. The molecule has 1 atom stereocenters. The van der Waals surface area contributed by atoms with E-state index >= 15 is 0 Å². The molecule has 13 heavy (non-hydrogen) atoms. The summed E-state index contributed by atoms with van der Waals surface area (Å²) in [5, 5.41) is 0.798. The van der Waals surface area contributed by atoms with Crippen molar-refractivity contribution in [2.75, 3.05) is 0 Å². The molecule has 1 unspecified atom stereocenters. The minimum Gasteiger partial charge on any atom is -0.147 e. The highest BCUT2D eigenvalue weighted by atomic mass is 35.7. The van der Waals surface area contributed by atoms with E-state index in [9.17, 15) is 0 Å². The number of halogens is 3. The average molecular weight is 253 g/mol. The molecule has 0 aliphatic heterocycles. The molecule has 0 aliphatic carbocycles. The number of hydrogen-bond acceptors (Lipinski definition) is 0. The summed E-state index contributed by atoms with van der Waals surface area (Å²) in [6.07, 6.45) is 0. The first-order chi connectivity index (χ1) is 6.11. The van der Waals surface area contributed by atoms with Crippen LogP contribution in [0.5, 0.6) is 0 Å². The van der Waals surface area contributed by atoms with Crippen molar-refractivity contribution in [3.8, 4) is 0 Å². The van der Waals surface area contributed by atoms with Gasteiger partial charge < -0.3 is 0 Å². The second-order valence-corrected chi connectivity index (χ2v) is 7.78. The van der Waals surface area contributed by atoms with Gasteiger partial charge in [0.25, 0.3) is 7.42 Å². The van der Waals surface area contributed by atoms with Crippen LogP contribution in [0.25, 0.3) is 0 Å². The molecule has 1 aromatic rings. The summed E-state index contributed by atoms with van der Waals surface area (Å²) in [4.78, 5) is 0. The van der Waals surface area contributed by atoms with Crippen LogP contribution in [0.4, 0.5) is 0 Å². The third-order valence-corrected chi connectivity index (χ3v) is 4.09. The summed E-state index contributed by atoms with van der Waals surface area (Å²) in [7, 11) is -1.21. The maximum Gasteiger partial charge on any atom is 0.274 e. The molecule has 0 N–H and O–H groups in total. The zero-order chi connectivity index (χ0) is 9.84. The van der Waals surface area contributed by atoms with Crippen molar-refractivity contribution in [3.05, 3.63) is 34.9 Å². The average Bonchev–Trinajstić information content (AvgIpc) is 2.03. The zero-order valence-electron chi connectivity index (χ0n) is 7.23. The standard InChI is InChI=1S/C9H10Cl3Si/c1-7(6-13(11)12)8-4-2-3-5-9(8)10/h2-5,7H,6H2,1H3. The summed E-state index contributed by atoms with van der Waals surface area (Å²) in [5.74, 6) is 0.345. The second-order valence-electron chi connectivity index (χ2n) is 2.97. The topological polar surface area (TPSA) is 0 Å². The van der Waals surface area contributed by atoms with Crippen molar-refractivity contribution in [3.63, 3.8) is 0 Å². The van der Waals surface area contributed by atoms with Gasteiger partial charge in [-0.25, -0.2) is 0 Å². The summed E-state index contributed by atoms with van der Waals surface area (Å²) in [5.41, 5.74) is 1.13. The fourth-order valence-electron chi connectivity index (χ4n) is 1.22. The molecule has 1 radical (unpaired) electrons. The van der Waals surface area contributed by atoms with Crippen molar-refractivity contribution < 1.29 is 0 Å². The SMILES string of the molecule is CC(C[Si](Cl)Cl)c1ccccc1Cl. The van der Waals surface area contributed by atoms with Crippen molar-refractivity contribution in [1.29, 1.82) is 0 Å². The number of hydrogen-bond donors (Lipinski definition) is 0. The van der Waals surface area contributed by atoms with Gasteiger partial charge in [-0.2, -0.15) is 0 Å². The predicted molar refractivity (Wildman–Crippen MR) is 62.1 cm³/mol. The zero-order valence-corrected chi connectivity index (χ0v) is 10.5. The monoisotopic (exact) mass is 251 g/mol. The van der Waals surface area contributed by atoms with Gasteiger partial charge in [0.15, 0.2) is 0 Å². The summed E-state index contributed by atoms with van der Waals surface area (Å²) >= 11 is 17.6. The van der Waals surface area contributed by atoms with E-state index in [0.29, 0.717) is 5.92 Å². The second kappa shape index (κ2) is 5.25. The summed E-state index contributed by atoms with van der Waals surface area (Å²) in [6.45, 7) is 2.09. The van der Waals surface area contributed by atoms with E-state index in [2.05, 4.69) is 6.92 Å². The lowest BCUT2D eigenvalue weighted by molar-refractivity contribution is 0.861. The van der Waals surface area contributed by atoms with E-state index in [-0.39, 0.29) is 0 Å². The Balaban J connectivity index is 2.76. The molecule has 0 heterocycles. The van der Waals surface area contributed by atoms with Gasteiger partial charge in [0.2, 0.25) is 0 Å². The molecule has 0 spiro atoms. The summed E-state index contributed by atoms with van der Waals surface area (Å²) in [6, 6.07) is 8.64. The highest BCUT2D eigenvalue weighted by Crippen LogP contribution is 2.29. The molecule has 1 aromatic carbocycles. The van der Waals surface area contributed by atoms with Crippen LogP contribution in [0.2, 0.25) is 11.1 Å². The van der Waals surface area contributed by atoms with Gasteiger partial charge in [0.1, 0.15) is 0 Å². The van der Waals surface area contributed by atoms with Crippen molar-refractivity contribution >= 4 is 41.2 Å². The third-order valence-electron chi connectivity index (χ3n) is 1.90. The van der Waals surface area contributed by atoms with Gasteiger partial charge in [-0.05, 0) is 23.6 Å². The lowest BCUT2D eigenvalue weighted by atomic mass is 10.0. The normalized spacial score (nSPS) is 13.3. The van der Waals surface area contributed by atoms with Gasteiger partial charge in [-0.3, -0.25) is 0 Å². The molecule has 4 heteroatoms. The first-order valence-electron chi connectivity index (χ1n) is 4.02. The highest BCUT2D eigenvalue weighted by molar-refractivity contribution is 7.33. The van der Waals surface area contributed by atoms with Gasteiger partial charge >= 0.3 is 0 Å². The molecule has 0 bridgehead atoms. The smallest absolute Gasteiger partial charge is 0.147 e. The fraction of sp³-hybridized carbons (Fsp3) is 0.333. The molecule has 0 saturated carbocycles. The van der Waals surface area contributed by atoms with E-state index in [1.165, 1.54) is 0 Å². The Bertz CT molecular complexity index is 275. The Morgan fingerprint density at radius 2 is 1.92 bits per heavy atom. The molecule has 0 amide bonds. The molecule has 0 fully saturated rings. The molecule has 0 aliphatic rings. The maximum atomic E-state index is 6.03. The lowest BCUT2D eigenvalue weighted by Gasteiger charge is -2.12. The Hall–Kier alpha value is 0.307. The quantitative estimate of drug-likeness (QED) is 0.552. The number of benzene rings is 1. The predicted octanol–water partition coefficient (Wildman–Crippen LogP) is 4.41. The Labute approximate surface area is 94.8 Å². The van der Waals surface area contributed by atoms with E-state index in [4.69, 9.17) is 33.8 Å². The van der Waals surface area contributed by atoms with Crippen molar-refractivity contribution in [2.45, 2.75) is 18.9 Å². The van der Waals surface area contributed by atoms with E-state index in [1.54, 1.807) is 0 Å². The molecular weight excluding hydrogens is 243 g/mol. The van der Waals surface area contributed by atoms with Crippen LogP contribution in [-0.2, 0) is 0 Å². The van der Waals surface area contributed by atoms with Crippen LogP contribution < -0.4 is 0 Å². The first kappa shape index (κ1) is 11.4. The Morgan fingerprint density at radius 3 is 2.46 bits per heavy atom. The van der Waals surface area contributed by atoms with Gasteiger partial charge in [0.05, 0.1) is 0 Å². The summed E-state index contributed by atoms with van der Waals surface area (Å²) < 4.78 is 0. The third kappa shape index (κ3) is 3.51. The number of rotatable bonds is 3. The first-order valence-corrected chi connectivity index (χ1v) is 8.13. The van der Waals surface area contributed by atoms with Gasteiger partial charge in [-0.15, -0.1) is 22.2 Å². The minimum absolute atomic E-state index is 0.345. The van der Waals surface area contributed by atoms with E-state index in [0.717, 1.165) is 16.6 Å². The van der Waals surface area contributed by atoms with Crippen LogP contribution in [0, 0.1) is 0 Å². The van der Waals surface area contributed by atoms with E-state index < -0.39 is 7.42 Å². The van der Waals surface area contributed by atoms with Crippen molar-refractivity contribution in [2.24, 2.45) is 0 Å². The van der Waals surface area contributed by atoms with Gasteiger partial charge in [0, 0.05) is 5.02 Å². The largest absolute Gasteiger partial charge is 0.274 e. The molecule has 71 valence electrons. The minimum atomic E-state index is -1.21. The van der Waals surface area contributed by atoms with Crippen LogP contribution in [0.15, 0.2) is 24.3 Å². The molecule has 0 saturated heterocycles. The van der Waals surface area contributed by atoms with Crippen LogP contribution in [0.3, 0.4) is 0 Å². The van der Waals surface area contributed by atoms with Crippen molar-refractivity contribution in [1.82, 2.24) is 0 Å². The van der Waals surface area contributed by atoms with Crippen LogP contribution >= 0.6 is 33.8 Å². The molecular formula is C9H10Cl3Si. The molecule has 0 nitrogen and oxygen atoms in total. The molecule has 0 aromatic heterocycles.